The molecule has 0 saturated carbocycles. The Bertz CT molecular complexity index is 565. The molecule has 0 atom stereocenters. The normalized spacial score (nSPS) is 12.8. The molecule has 0 amide bonds. The van der Waals surface area contributed by atoms with Gasteiger partial charge in [0.15, 0.2) is 0 Å². The van der Waals surface area contributed by atoms with Crippen LogP contribution in [0.5, 0.6) is 0 Å². The summed E-state index contributed by atoms with van der Waals surface area (Å²) in [6.07, 6.45) is 8.58. The summed E-state index contributed by atoms with van der Waals surface area (Å²) in [6.45, 7) is 2.00. The molecule has 0 spiro atoms. The van der Waals surface area contributed by atoms with Crippen LogP contribution in [0.4, 0.5) is 0 Å². The molecule has 0 radical (unpaired) electrons. The van der Waals surface area contributed by atoms with E-state index in [1.807, 2.05) is 13.1 Å². The number of hydrogen-bond donors (Lipinski definition) is 1. The van der Waals surface area contributed by atoms with E-state index in [9.17, 15) is 0 Å². The molecular formula is C11H13N5. The van der Waals surface area contributed by atoms with Gasteiger partial charge >= 0.3 is 0 Å². The van der Waals surface area contributed by atoms with Gasteiger partial charge in [-0.25, -0.2) is 4.52 Å². The number of aromatic nitrogens is 3. The van der Waals surface area contributed by atoms with Gasteiger partial charge in [-0.3, -0.25) is 9.98 Å². The van der Waals surface area contributed by atoms with Crippen LogP contribution < -0.4 is 5.73 Å². The molecular weight excluding hydrogens is 202 g/mol. The van der Waals surface area contributed by atoms with Crippen molar-refractivity contribution in [3.8, 4) is 0 Å². The van der Waals surface area contributed by atoms with Gasteiger partial charge in [-0.05, 0) is 12.5 Å². The highest BCUT2D eigenvalue weighted by Crippen LogP contribution is 2.12. The predicted molar refractivity (Wildman–Crippen MR) is 64.3 cm³/mol. The fourth-order valence-electron chi connectivity index (χ4n) is 1.48. The second kappa shape index (κ2) is 4.14. The number of rotatable bonds is 2. The average Bonchev–Trinajstić information content (AvgIpc) is 2.67. The van der Waals surface area contributed by atoms with E-state index in [0.29, 0.717) is 0 Å². The van der Waals surface area contributed by atoms with E-state index in [-0.39, 0.29) is 0 Å². The molecule has 0 aliphatic heterocycles. The Morgan fingerprint density at radius 1 is 1.50 bits per heavy atom. The summed E-state index contributed by atoms with van der Waals surface area (Å²) < 4.78 is 1.78. The van der Waals surface area contributed by atoms with Crippen LogP contribution in [0.15, 0.2) is 29.8 Å². The largest absolute Gasteiger partial charge is 0.404 e. The van der Waals surface area contributed by atoms with Gasteiger partial charge in [-0.2, -0.15) is 5.10 Å². The zero-order chi connectivity index (χ0) is 11.5. The third kappa shape index (κ3) is 1.67. The van der Waals surface area contributed by atoms with Crippen LogP contribution in [-0.4, -0.2) is 27.9 Å². The lowest BCUT2D eigenvalue weighted by molar-refractivity contribution is 0.940. The Morgan fingerprint density at radius 2 is 2.31 bits per heavy atom. The van der Waals surface area contributed by atoms with Crippen molar-refractivity contribution in [1.82, 2.24) is 14.6 Å². The molecule has 5 heteroatoms. The number of aliphatic imine (C=N–C) groups is 1. The molecule has 0 bridgehead atoms. The first-order chi connectivity index (χ1) is 7.76. The Kier molecular flexibility index (Phi) is 2.68. The van der Waals surface area contributed by atoms with E-state index < -0.39 is 0 Å². The summed E-state index contributed by atoms with van der Waals surface area (Å²) in [5.74, 6) is 0. The minimum absolute atomic E-state index is 0.753. The minimum Gasteiger partial charge on any atom is -0.404 e. The second-order valence-electron chi connectivity index (χ2n) is 3.44. The van der Waals surface area contributed by atoms with Gasteiger partial charge in [0.05, 0.1) is 29.8 Å². The third-order valence-corrected chi connectivity index (χ3v) is 2.34. The topological polar surface area (TPSA) is 68.6 Å². The molecule has 16 heavy (non-hydrogen) atoms. The summed E-state index contributed by atoms with van der Waals surface area (Å²) in [5.41, 5.74) is 9.14. The maximum Gasteiger partial charge on any atom is 0.0916 e. The molecule has 5 nitrogen and oxygen atoms in total. The summed E-state index contributed by atoms with van der Waals surface area (Å²) in [4.78, 5) is 8.25. The van der Waals surface area contributed by atoms with Crippen LogP contribution in [0.2, 0.25) is 0 Å². The number of nitrogens with zero attached hydrogens (tertiary/aromatic N) is 4. The lowest BCUT2D eigenvalue weighted by Crippen LogP contribution is -1.98. The molecule has 0 fully saturated rings. The van der Waals surface area contributed by atoms with Crippen LogP contribution in [0.3, 0.4) is 0 Å². The number of fused-ring (bicyclic) bond motifs is 1. The van der Waals surface area contributed by atoms with Gasteiger partial charge in [0.1, 0.15) is 0 Å². The second-order valence-corrected chi connectivity index (χ2v) is 3.44. The number of allylic oxidation sites excluding steroid dienone is 1. The van der Waals surface area contributed by atoms with Crippen molar-refractivity contribution in [1.29, 1.82) is 0 Å². The molecule has 0 unspecified atom stereocenters. The molecule has 2 heterocycles. The smallest absolute Gasteiger partial charge is 0.0916 e. The van der Waals surface area contributed by atoms with E-state index in [1.54, 1.807) is 30.2 Å². The zero-order valence-electron chi connectivity index (χ0n) is 9.25. The Labute approximate surface area is 93.3 Å². The highest BCUT2D eigenvalue weighted by molar-refractivity contribution is 6.08. The van der Waals surface area contributed by atoms with Gasteiger partial charge in [-0.1, -0.05) is 0 Å². The van der Waals surface area contributed by atoms with Gasteiger partial charge in [0.25, 0.3) is 0 Å². The number of aryl methyl sites for hydroxylation is 1. The third-order valence-electron chi connectivity index (χ3n) is 2.34. The quantitative estimate of drug-likeness (QED) is 0.761. The predicted octanol–water partition coefficient (Wildman–Crippen LogP) is 1.04. The van der Waals surface area contributed by atoms with E-state index in [1.165, 1.54) is 6.20 Å². The Balaban J connectivity index is 2.54. The SMILES string of the molecule is CN=C/C(=C\N)c1cn2ncc(C)c2cn1. The van der Waals surface area contributed by atoms with E-state index >= 15 is 0 Å². The Hall–Kier alpha value is -2.17. The zero-order valence-corrected chi connectivity index (χ0v) is 9.25. The summed E-state index contributed by atoms with van der Waals surface area (Å²) in [5, 5.41) is 4.22. The van der Waals surface area contributed by atoms with Crippen LogP contribution in [0.25, 0.3) is 11.1 Å². The minimum atomic E-state index is 0.753. The van der Waals surface area contributed by atoms with Crippen LogP contribution in [-0.2, 0) is 0 Å². The fraction of sp³-hybridized carbons (Fsp3) is 0.182. The van der Waals surface area contributed by atoms with Crippen molar-refractivity contribution in [2.24, 2.45) is 10.7 Å². The summed E-state index contributed by atoms with van der Waals surface area (Å²) >= 11 is 0. The van der Waals surface area contributed by atoms with Crippen molar-refractivity contribution in [3.63, 3.8) is 0 Å². The first-order valence-corrected chi connectivity index (χ1v) is 4.90. The fourth-order valence-corrected chi connectivity index (χ4v) is 1.48. The van der Waals surface area contributed by atoms with Gasteiger partial charge in [0, 0.05) is 25.0 Å². The van der Waals surface area contributed by atoms with Crippen molar-refractivity contribution in [2.75, 3.05) is 7.05 Å². The molecule has 2 rings (SSSR count). The number of hydrogen-bond acceptors (Lipinski definition) is 4. The number of nitrogens with two attached hydrogens (primary N) is 1. The first kappa shape index (κ1) is 10.4. The maximum atomic E-state index is 5.52. The molecule has 0 aliphatic rings. The molecule has 82 valence electrons. The van der Waals surface area contributed by atoms with E-state index in [2.05, 4.69) is 15.1 Å². The molecule has 0 aromatic carbocycles. The van der Waals surface area contributed by atoms with Crippen LogP contribution in [0.1, 0.15) is 11.3 Å². The highest BCUT2D eigenvalue weighted by Gasteiger charge is 2.04. The monoisotopic (exact) mass is 215 g/mol. The molecule has 2 aromatic rings. The van der Waals surface area contributed by atoms with Gasteiger partial charge in [0.2, 0.25) is 0 Å². The lowest BCUT2D eigenvalue weighted by atomic mass is 10.2. The molecule has 2 N–H and O–H groups in total. The molecule has 2 aromatic heterocycles. The van der Waals surface area contributed by atoms with Gasteiger partial charge in [-0.15, -0.1) is 0 Å². The first-order valence-electron chi connectivity index (χ1n) is 4.90. The van der Waals surface area contributed by atoms with Crippen molar-refractivity contribution >= 4 is 17.3 Å². The maximum absolute atomic E-state index is 5.52. The van der Waals surface area contributed by atoms with Gasteiger partial charge < -0.3 is 5.73 Å². The molecule has 0 saturated heterocycles. The van der Waals surface area contributed by atoms with Crippen molar-refractivity contribution < 1.29 is 0 Å². The Morgan fingerprint density at radius 3 is 3.00 bits per heavy atom. The highest BCUT2D eigenvalue weighted by atomic mass is 15.2. The van der Waals surface area contributed by atoms with Crippen molar-refractivity contribution in [2.45, 2.75) is 6.92 Å². The van der Waals surface area contributed by atoms with E-state index in [4.69, 9.17) is 5.73 Å². The standard InChI is InChI=1S/C11H13N5/c1-8-4-15-16-7-10(14-6-11(8)16)9(3-12)5-13-2/h3-7H,12H2,1-2H3/b9-3+,13-5?. The summed E-state index contributed by atoms with van der Waals surface area (Å²) in [7, 11) is 1.69. The lowest BCUT2D eigenvalue weighted by Gasteiger charge is -2.01. The summed E-state index contributed by atoms with van der Waals surface area (Å²) in [6, 6.07) is 0. The van der Waals surface area contributed by atoms with Crippen LogP contribution in [0, 0.1) is 6.92 Å². The van der Waals surface area contributed by atoms with Crippen LogP contribution >= 0.6 is 0 Å². The van der Waals surface area contributed by atoms with E-state index in [0.717, 1.165) is 22.3 Å². The van der Waals surface area contributed by atoms with Crippen molar-refractivity contribution in [3.05, 3.63) is 36.0 Å². The molecule has 0 aliphatic carbocycles. The average molecular weight is 215 g/mol.